The average Bonchev–Trinajstić information content (AvgIpc) is 3.06. The first-order valence-electron chi connectivity index (χ1n) is 10.2. The molecule has 1 aliphatic heterocycles. The maximum absolute atomic E-state index is 14.0. The monoisotopic (exact) mass is 449 g/mol. The van der Waals surface area contributed by atoms with Gasteiger partial charge in [0.25, 0.3) is 11.7 Å². The zero-order valence-electron chi connectivity index (χ0n) is 18.2. The van der Waals surface area contributed by atoms with E-state index in [1.807, 2.05) is 0 Å². The number of aliphatic hydroxyl groups excluding tert-OH is 1. The molecule has 0 saturated carbocycles. The summed E-state index contributed by atoms with van der Waals surface area (Å²) in [7, 11) is 1.51. The number of halogens is 2. The Balaban J connectivity index is 1.98. The van der Waals surface area contributed by atoms with Gasteiger partial charge in [-0.05, 0) is 60.9 Å². The number of hydrogen-bond donors (Lipinski definition) is 1. The summed E-state index contributed by atoms with van der Waals surface area (Å²) in [6, 6.07) is 14.0. The number of rotatable bonds is 4. The molecule has 1 atom stereocenters. The van der Waals surface area contributed by atoms with Crippen LogP contribution >= 0.6 is 0 Å². The molecule has 4 rings (SSSR count). The second kappa shape index (κ2) is 8.50. The fraction of sp³-hybridized carbons (Fsp3) is 0.154. The zero-order chi connectivity index (χ0) is 23.9. The van der Waals surface area contributed by atoms with E-state index in [2.05, 4.69) is 0 Å². The van der Waals surface area contributed by atoms with Gasteiger partial charge in [0.05, 0.1) is 18.7 Å². The van der Waals surface area contributed by atoms with Gasteiger partial charge in [-0.2, -0.15) is 0 Å². The molecule has 0 spiro atoms. The summed E-state index contributed by atoms with van der Waals surface area (Å²) < 4.78 is 32.8. The van der Waals surface area contributed by atoms with Gasteiger partial charge in [-0.1, -0.05) is 24.3 Å². The summed E-state index contributed by atoms with van der Waals surface area (Å²) in [4.78, 5) is 27.4. The van der Waals surface area contributed by atoms with Crippen LogP contribution in [0.5, 0.6) is 5.75 Å². The number of aryl methyl sites for hydroxylation is 2. The molecule has 1 amide bonds. The number of ether oxygens (including phenoxy) is 1. The highest BCUT2D eigenvalue weighted by Gasteiger charge is 2.47. The maximum Gasteiger partial charge on any atom is 0.300 e. The van der Waals surface area contributed by atoms with Gasteiger partial charge < -0.3 is 9.84 Å². The van der Waals surface area contributed by atoms with E-state index < -0.39 is 29.4 Å². The van der Waals surface area contributed by atoms with Gasteiger partial charge in [-0.3, -0.25) is 14.5 Å². The van der Waals surface area contributed by atoms with E-state index in [0.717, 1.165) is 22.6 Å². The Bertz CT molecular complexity index is 1320. The molecule has 0 aliphatic carbocycles. The van der Waals surface area contributed by atoms with Crippen molar-refractivity contribution in [1.82, 2.24) is 0 Å². The summed E-state index contributed by atoms with van der Waals surface area (Å²) in [5.74, 6) is -3.86. The summed E-state index contributed by atoms with van der Waals surface area (Å²) in [5.41, 5.74) is 2.21. The second-order valence-corrected chi connectivity index (χ2v) is 7.80. The maximum atomic E-state index is 14.0. The Hall–Kier alpha value is -4.00. The van der Waals surface area contributed by atoms with Crippen molar-refractivity contribution in [3.8, 4) is 5.75 Å². The number of nitrogens with zero attached hydrogens (tertiary/aromatic N) is 1. The third kappa shape index (κ3) is 3.75. The number of anilines is 1. The molecule has 1 saturated heterocycles. The lowest BCUT2D eigenvalue weighted by Crippen LogP contribution is -2.30. The van der Waals surface area contributed by atoms with Gasteiger partial charge in [-0.15, -0.1) is 0 Å². The molecule has 0 radical (unpaired) electrons. The van der Waals surface area contributed by atoms with Gasteiger partial charge in [0.15, 0.2) is 11.6 Å². The number of methoxy groups -OCH3 is 1. The van der Waals surface area contributed by atoms with E-state index >= 15 is 0 Å². The highest BCUT2D eigenvalue weighted by atomic mass is 19.2. The van der Waals surface area contributed by atoms with Crippen molar-refractivity contribution in [2.75, 3.05) is 12.0 Å². The molecular formula is C26H21F2NO4. The predicted octanol–water partition coefficient (Wildman–Crippen LogP) is 5.22. The lowest BCUT2D eigenvalue weighted by molar-refractivity contribution is -0.132. The van der Waals surface area contributed by atoms with E-state index in [9.17, 15) is 23.5 Å². The van der Waals surface area contributed by atoms with Crippen LogP contribution in [0.4, 0.5) is 14.5 Å². The van der Waals surface area contributed by atoms with Crippen LogP contribution in [-0.2, 0) is 9.59 Å². The molecule has 1 heterocycles. The molecule has 1 aliphatic rings. The lowest BCUT2D eigenvalue weighted by atomic mass is 9.91. The molecule has 1 N–H and O–H groups in total. The molecule has 1 unspecified atom stereocenters. The fourth-order valence-electron chi connectivity index (χ4n) is 4.10. The van der Waals surface area contributed by atoms with Crippen LogP contribution in [0.2, 0.25) is 0 Å². The molecule has 3 aromatic carbocycles. The van der Waals surface area contributed by atoms with Crippen LogP contribution in [0.1, 0.15) is 28.3 Å². The topological polar surface area (TPSA) is 66.8 Å². The van der Waals surface area contributed by atoms with E-state index in [0.29, 0.717) is 22.4 Å². The van der Waals surface area contributed by atoms with Gasteiger partial charge in [0, 0.05) is 17.3 Å². The smallest absolute Gasteiger partial charge is 0.300 e. The number of ketones is 1. The summed E-state index contributed by atoms with van der Waals surface area (Å²) >= 11 is 0. The first-order chi connectivity index (χ1) is 15.7. The lowest BCUT2D eigenvalue weighted by Gasteiger charge is -2.26. The average molecular weight is 449 g/mol. The Kier molecular flexibility index (Phi) is 5.72. The van der Waals surface area contributed by atoms with Crippen molar-refractivity contribution in [2.45, 2.75) is 19.9 Å². The van der Waals surface area contributed by atoms with Gasteiger partial charge in [-0.25, -0.2) is 8.78 Å². The Morgan fingerprint density at radius 2 is 1.67 bits per heavy atom. The minimum atomic E-state index is -1.15. The quantitative estimate of drug-likeness (QED) is 0.337. The number of amides is 1. The number of carbonyl (C=O) groups is 2. The van der Waals surface area contributed by atoms with Crippen LogP contribution in [-0.4, -0.2) is 23.9 Å². The molecular weight excluding hydrogens is 428 g/mol. The van der Waals surface area contributed by atoms with E-state index in [4.69, 9.17) is 4.74 Å². The van der Waals surface area contributed by atoms with Crippen LogP contribution < -0.4 is 9.64 Å². The van der Waals surface area contributed by atoms with Gasteiger partial charge in [0.2, 0.25) is 0 Å². The van der Waals surface area contributed by atoms with E-state index in [-0.39, 0.29) is 17.0 Å². The zero-order valence-corrected chi connectivity index (χ0v) is 18.2. The number of carbonyl (C=O) groups excluding carboxylic acids is 2. The normalized spacial score (nSPS) is 17.5. The number of benzene rings is 3. The molecule has 1 fully saturated rings. The largest absolute Gasteiger partial charge is 0.507 e. The summed E-state index contributed by atoms with van der Waals surface area (Å²) in [6.45, 7) is 3.55. The molecule has 33 heavy (non-hydrogen) atoms. The standard InChI is InChI=1S/C26H21F2NO4/c1-14-6-4-5-7-18(14)23-22(24(30)19-10-9-17(33-3)12-15(19)2)25(31)26(32)29(23)16-8-11-20(27)21(28)13-16/h4-13,23,30H,1-3H3/b24-22+. The minimum absolute atomic E-state index is 0.00903. The first kappa shape index (κ1) is 22.2. The molecule has 3 aromatic rings. The third-order valence-electron chi connectivity index (χ3n) is 5.80. The van der Waals surface area contributed by atoms with Crippen LogP contribution in [0.15, 0.2) is 66.2 Å². The third-order valence-corrected chi connectivity index (χ3v) is 5.80. The number of Topliss-reactive ketones (excluding diaryl/α,β-unsaturated/α-hetero) is 1. The fourth-order valence-corrected chi connectivity index (χ4v) is 4.10. The van der Waals surface area contributed by atoms with E-state index in [1.165, 1.54) is 13.2 Å². The predicted molar refractivity (Wildman–Crippen MR) is 120 cm³/mol. The van der Waals surface area contributed by atoms with Gasteiger partial charge in [0.1, 0.15) is 11.5 Å². The van der Waals surface area contributed by atoms with Crippen molar-refractivity contribution in [1.29, 1.82) is 0 Å². The van der Waals surface area contributed by atoms with Gasteiger partial charge >= 0.3 is 0 Å². The number of aliphatic hydroxyl groups is 1. The van der Waals surface area contributed by atoms with Crippen molar-refractivity contribution >= 4 is 23.1 Å². The van der Waals surface area contributed by atoms with Crippen LogP contribution in [0.3, 0.4) is 0 Å². The molecule has 7 heteroatoms. The van der Waals surface area contributed by atoms with Crippen LogP contribution in [0, 0.1) is 25.5 Å². The summed E-state index contributed by atoms with van der Waals surface area (Å²) in [5, 5.41) is 11.2. The molecule has 168 valence electrons. The second-order valence-electron chi connectivity index (χ2n) is 7.80. The van der Waals surface area contributed by atoms with Crippen molar-refractivity contribution in [3.05, 3.63) is 100 Å². The Morgan fingerprint density at radius 1 is 0.939 bits per heavy atom. The van der Waals surface area contributed by atoms with Crippen molar-refractivity contribution in [2.24, 2.45) is 0 Å². The highest BCUT2D eigenvalue weighted by Crippen LogP contribution is 2.43. The Labute approximate surface area is 189 Å². The number of hydrogen-bond acceptors (Lipinski definition) is 4. The SMILES string of the molecule is COc1ccc(/C(O)=C2\C(=O)C(=O)N(c3ccc(F)c(F)c3)C2c2ccccc2C)c(C)c1. The highest BCUT2D eigenvalue weighted by molar-refractivity contribution is 6.51. The van der Waals surface area contributed by atoms with E-state index in [1.54, 1.807) is 56.3 Å². The van der Waals surface area contributed by atoms with Crippen molar-refractivity contribution < 1.29 is 28.2 Å². The Morgan fingerprint density at radius 3 is 2.30 bits per heavy atom. The molecule has 0 bridgehead atoms. The molecule has 0 aromatic heterocycles. The first-order valence-corrected chi connectivity index (χ1v) is 10.2. The summed E-state index contributed by atoms with van der Waals surface area (Å²) in [6.07, 6.45) is 0. The van der Waals surface area contributed by atoms with Crippen molar-refractivity contribution in [3.63, 3.8) is 0 Å². The minimum Gasteiger partial charge on any atom is -0.507 e. The molecule has 5 nitrogen and oxygen atoms in total. The van der Waals surface area contributed by atoms with Crippen LogP contribution in [0.25, 0.3) is 5.76 Å².